The van der Waals surface area contributed by atoms with Gasteiger partial charge in [-0.25, -0.2) is 0 Å². The Morgan fingerprint density at radius 2 is 2.12 bits per heavy atom. The van der Waals surface area contributed by atoms with E-state index in [4.69, 9.17) is 14.2 Å². The molecule has 5 heteroatoms. The largest absolute Gasteiger partial charge is 0.493 e. The second-order valence-electron chi connectivity index (χ2n) is 6.33. The van der Waals surface area contributed by atoms with E-state index >= 15 is 0 Å². The number of nitrogens with zero attached hydrogens (tertiary/aromatic N) is 1. The lowest BCUT2D eigenvalue weighted by Crippen LogP contribution is -2.49. The molecule has 3 rings (SSSR count). The van der Waals surface area contributed by atoms with Crippen molar-refractivity contribution < 1.29 is 19.0 Å². The lowest BCUT2D eigenvalue weighted by Gasteiger charge is -2.35. The number of para-hydroxylation sites is 2. The van der Waals surface area contributed by atoms with E-state index in [9.17, 15) is 4.79 Å². The summed E-state index contributed by atoms with van der Waals surface area (Å²) >= 11 is 0. The molecule has 0 saturated carbocycles. The van der Waals surface area contributed by atoms with Crippen LogP contribution in [0.1, 0.15) is 13.3 Å². The van der Waals surface area contributed by atoms with Gasteiger partial charge in [0.2, 0.25) is 5.91 Å². The predicted octanol–water partition coefficient (Wildman–Crippen LogP) is 2.82. The lowest BCUT2D eigenvalue weighted by atomic mass is 9.93. The zero-order valence-electron chi connectivity index (χ0n) is 14.8. The standard InChI is InChI=1S/C20H25NO4/c1-15-7-3-4-8-17(15)20(22)21-11-12-24-16(13-21)14-25-19-10-6-5-9-18(19)23-2/h4-10,16-17H,3,11-14H2,1-2H3. The van der Waals surface area contributed by atoms with Crippen LogP contribution in [0.3, 0.4) is 0 Å². The molecule has 25 heavy (non-hydrogen) atoms. The molecular formula is C20H25NO4. The molecular weight excluding hydrogens is 318 g/mol. The quantitative estimate of drug-likeness (QED) is 0.772. The average molecular weight is 343 g/mol. The van der Waals surface area contributed by atoms with Gasteiger partial charge in [0.1, 0.15) is 12.7 Å². The number of carbonyl (C=O) groups is 1. The summed E-state index contributed by atoms with van der Waals surface area (Å²) in [7, 11) is 1.62. The summed E-state index contributed by atoms with van der Waals surface area (Å²) in [6.45, 7) is 4.12. The van der Waals surface area contributed by atoms with E-state index in [1.165, 1.54) is 0 Å². The number of rotatable bonds is 5. The van der Waals surface area contributed by atoms with Gasteiger partial charge in [-0.3, -0.25) is 4.79 Å². The fraction of sp³-hybridized carbons (Fsp3) is 0.450. The second-order valence-corrected chi connectivity index (χ2v) is 6.33. The van der Waals surface area contributed by atoms with Gasteiger partial charge in [0.05, 0.1) is 26.2 Å². The first-order chi connectivity index (χ1) is 12.2. The third kappa shape index (κ3) is 4.23. The number of methoxy groups -OCH3 is 1. The van der Waals surface area contributed by atoms with Crippen molar-refractivity contribution in [3.63, 3.8) is 0 Å². The van der Waals surface area contributed by atoms with Crippen molar-refractivity contribution in [3.05, 3.63) is 48.1 Å². The van der Waals surface area contributed by atoms with E-state index in [1.807, 2.05) is 42.2 Å². The second kappa shape index (κ2) is 8.21. The zero-order chi connectivity index (χ0) is 17.6. The van der Waals surface area contributed by atoms with Crippen molar-refractivity contribution in [2.24, 2.45) is 5.92 Å². The molecule has 2 aliphatic rings. The first kappa shape index (κ1) is 17.5. The molecule has 1 aliphatic carbocycles. The van der Waals surface area contributed by atoms with Crippen molar-refractivity contribution in [2.45, 2.75) is 19.4 Å². The summed E-state index contributed by atoms with van der Waals surface area (Å²) < 4.78 is 16.9. The Kier molecular flexibility index (Phi) is 5.76. The first-order valence-electron chi connectivity index (χ1n) is 8.68. The lowest BCUT2D eigenvalue weighted by molar-refractivity contribution is -0.141. The number of allylic oxidation sites excluding steroid dienone is 2. The Hall–Kier alpha value is -2.27. The van der Waals surface area contributed by atoms with Crippen LogP contribution in [0.25, 0.3) is 0 Å². The number of hydrogen-bond acceptors (Lipinski definition) is 4. The molecule has 1 amide bonds. The number of amides is 1. The number of carbonyl (C=O) groups excluding carboxylic acids is 1. The SMILES string of the molecule is COc1ccccc1OCC1CN(C(=O)C2C=CCC=C2C)CCO1. The summed E-state index contributed by atoms with van der Waals surface area (Å²) in [4.78, 5) is 14.7. The Bertz CT molecular complexity index is 667. The van der Waals surface area contributed by atoms with E-state index in [2.05, 4.69) is 12.2 Å². The molecule has 1 aromatic carbocycles. The van der Waals surface area contributed by atoms with Gasteiger partial charge in [0.25, 0.3) is 0 Å². The smallest absolute Gasteiger partial charge is 0.233 e. The van der Waals surface area contributed by atoms with Gasteiger partial charge in [-0.2, -0.15) is 0 Å². The molecule has 0 aromatic heterocycles. The molecule has 1 heterocycles. The van der Waals surface area contributed by atoms with Gasteiger partial charge in [-0.05, 0) is 25.5 Å². The minimum atomic E-state index is -0.139. The Labute approximate surface area is 148 Å². The van der Waals surface area contributed by atoms with Crippen molar-refractivity contribution in [1.29, 1.82) is 0 Å². The first-order valence-corrected chi connectivity index (χ1v) is 8.68. The Morgan fingerprint density at radius 1 is 1.32 bits per heavy atom. The number of morpholine rings is 1. The van der Waals surface area contributed by atoms with Crippen molar-refractivity contribution in [2.75, 3.05) is 33.4 Å². The highest BCUT2D eigenvalue weighted by molar-refractivity contribution is 5.83. The third-order valence-electron chi connectivity index (χ3n) is 4.61. The fourth-order valence-electron chi connectivity index (χ4n) is 3.16. The van der Waals surface area contributed by atoms with E-state index in [0.29, 0.717) is 37.8 Å². The molecule has 2 unspecified atom stereocenters. The number of ether oxygens (including phenoxy) is 3. The van der Waals surface area contributed by atoms with Crippen LogP contribution in [-0.2, 0) is 9.53 Å². The summed E-state index contributed by atoms with van der Waals surface area (Å²) in [5.41, 5.74) is 1.13. The molecule has 5 nitrogen and oxygen atoms in total. The van der Waals surface area contributed by atoms with E-state index in [1.54, 1.807) is 7.11 Å². The van der Waals surface area contributed by atoms with Gasteiger partial charge in [0, 0.05) is 6.54 Å². The van der Waals surface area contributed by atoms with E-state index < -0.39 is 0 Å². The molecule has 0 N–H and O–H groups in total. The van der Waals surface area contributed by atoms with E-state index in [0.717, 1.165) is 12.0 Å². The molecule has 1 aromatic rings. The fourth-order valence-corrected chi connectivity index (χ4v) is 3.16. The minimum Gasteiger partial charge on any atom is -0.493 e. The van der Waals surface area contributed by atoms with Crippen LogP contribution in [0.15, 0.2) is 48.1 Å². The number of hydrogen-bond donors (Lipinski definition) is 0. The highest BCUT2D eigenvalue weighted by Gasteiger charge is 2.29. The van der Waals surface area contributed by atoms with Crippen LogP contribution in [0.4, 0.5) is 0 Å². The molecule has 134 valence electrons. The highest BCUT2D eigenvalue weighted by Crippen LogP contribution is 2.26. The molecule has 0 spiro atoms. The molecule has 0 radical (unpaired) electrons. The number of benzene rings is 1. The van der Waals surface area contributed by atoms with Gasteiger partial charge >= 0.3 is 0 Å². The highest BCUT2D eigenvalue weighted by atomic mass is 16.5. The molecule has 1 aliphatic heterocycles. The monoisotopic (exact) mass is 343 g/mol. The summed E-state index contributed by atoms with van der Waals surface area (Å²) in [5.74, 6) is 1.39. The molecule has 2 atom stereocenters. The van der Waals surface area contributed by atoms with Crippen molar-refractivity contribution in [1.82, 2.24) is 4.90 Å². The van der Waals surface area contributed by atoms with Crippen LogP contribution in [0.5, 0.6) is 11.5 Å². The molecule has 1 saturated heterocycles. The Morgan fingerprint density at radius 3 is 2.88 bits per heavy atom. The van der Waals surface area contributed by atoms with Crippen LogP contribution >= 0.6 is 0 Å². The molecule has 0 bridgehead atoms. The summed E-state index contributed by atoms with van der Waals surface area (Å²) in [6, 6.07) is 7.53. The minimum absolute atomic E-state index is 0.136. The van der Waals surface area contributed by atoms with Gasteiger partial charge in [-0.15, -0.1) is 0 Å². The topological polar surface area (TPSA) is 48.0 Å². The summed E-state index contributed by atoms with van der Waals surface area (Å²) in [5, 5.41) is 0. The van der Waals surface area contributed by atoms with Crippen molar-refractivity contribution in [3.8, 4) is 11.5 Å². The van der Waals surface area contributed by atoms with Crippen LogP contribution in [-0.4, -0.2) is 50.3 Å². The molecule has 1 fully saturated rings. The van der Waals surface area contributed by atoms with Crippen molar-refractivity contribution >= 4 is 5.91 Å². The van der Waals surface area contributed by atoms with Gasteiger partial charge in [-0.1, -0.05) is 35.9 Å². The average Bonchev–Trinajstić information content (AvgIpc) is 2.66. The van der Waals surface area contributed by atoms with E-state index in [-0.39, 0.29) is 17.9 Å². The normalized spacial score (nSPS) is 23.1. The zero-order valence-corrected chi connectivity index (χ0v) is 14.8. The third-order valence-corrected chi connectivity index (χ3v) is 4.61. The van der Waals surface area contributed by atoms with Crippen LogP contribution in [0, 0.1) is 5.92 Å². The van der Waals surface area contributed by atoms with Gasteiger partial charge in [0.15, 0.2) is 11.5 Å². The Balaban J connectivity index is 1.58. The maximum Gasteiger partial charge on any atom is 0.233 e. The maximum absolute atomic E-state index is 12.8. The van der Waals surface area contributed by atoms with Gasteiger partial charge < -0.3 is 19.1 Å². The maximum atomic E-state index is 12.8. The van der Waals surface area contributed by atoms with Crippen LogP contribution < -0.4 is 9.47 Å². The summed E-state index contributed by atoms with van der Waals surface area (Å²) in [6.07, 6.45) is 6.95. The van der Waals surface area contributed by atoms with Crippen LogP contribution in [0.2, 0.25) is 0 Å². The predicted molar refractivity (Wildman–Crippen MR) is 95.8 cm³/mol.